The van der Waals surface area contributed by atoms with E-state index in [1.807, 2.05) is 0 Å². The maximum absolute atomic E-state index is 0. The number of rotatable bonds is 0. The van der Waals surface area contributed by atoms with Gasteiger partial charge in [0.15, 0.2) is 0 Å². The van der Waals surface area contributed by atoms with Gasteiger partial charge in [-0.25, -0.2) is 0 Å². The maximum atomic E-state index is 0. The normalized spacial score (nSPS) is 0. The van der Waals surface area contributed by atoms with Crippen molar-refractivity contribution in [3.05, 3.63) is 0 Å². The summed E-state index contributed by atoms with van der Waals surface area (Å²) in [6, 6.07) is 0. The molecule has 0 aromatic heterocycles. The van der Waals surface area contributed by atoms with Crippen LogP contribution in [0, 0.1) is 85.0 Å². The Morgan fingerprint density at radius 3 is 0.667 bits per heavy atom. The summed E-state index contributed by atoms with van der Waals surface area (Å²) in [4.78, 5) is 0. The van der Waals surface area contributed by atoms with E-state index in [1.54, 1.807) is 0 Å². The fourth-order valence-corrected chi connectivity index (χ4v) is 0. The van der Waals surface area contributed by atoms with Crippen molar-refractivity contribution in [1.82, 2.24) is 0 Å². The van der Waals surface area contributed by atoms with E-state index in [1.165, 1.54) is 0 Å². The van der Waals surface area contributed by atoms with Gasteiger partial charge in [0.1, 0.15) is 0 Å². The molecule has 28 valence electrons. The van der Waals surface area contributed by atoms with E-state index in [4.69, 9.17) is 0 Å². The van der Waals surface area contributed by atoms with Crippen LogP contribution in [0.5, 0.6) is 0 Å². The van der Waals surface area contributed by atoms with Gasteiger partial charge in [-0.2, -0.15) is 0 Å². The summed E-state index contributed by atoms with van der Waals surface area (Å²) in [6.45, 7) is 0. The molecular formula is Cl3EuLaY+6. The summed E-state index contributed by atoms with van der Waals surface area (Å²) in [5.74, 6) is 0. The minimum Gasteiger partial charge on any atom is -1.00 e. The average molecular weight is 486 g/mol. The first-order chi connectivity index (χ1) is 0. The molecule has 0 radical (unpaired) electrons. The summed E-state index contributed by atoms with van der Waals surface area (Å²) >= 11 is 0. The molecule has 0 aliphatic carbocycles. The van der Waals surface area contributed by atoms with Gasteiger partial charge in [0, 0.05) is 0 Å². The third-order valence-electron chi connectivity index (χ3n) is 0. The van der Waals surface area contributed by atoms with Crippen molar-refractivity contribution in [1.29, 1.82) is 0 Å². The molecule has 0 bridgehead atoms. The van der Waals surface area contributed by atoms with Crippen LogP contribution in [-0.2, 0) is 32.7 Å². The Morgan fingerprint density at radius 2 is 0.667 bits per heavy atom. The fraction of sp³-hybridized carbons (Fsp3) is 0. The summed E-state index contributed by atoms with van der Waals surface area (Å²) in [5.41, 5.74) is 0. The van der Waals surface area contributed by atoms with Crippen LogP contribution in [0.4, 0.5) is 0 Å². The monoisotopic (exact) mass is 486 g/mol. The van der Waals surface area contributed by atoms with Crippen molar-refractivity contribution >= 4 is 0 Å². The van der Waals surface area contributed by atoms with Gasteiger partial charge in [0.2, 0.25) is 0 Å². The van der Waals surface area contributed by atoms with Gasteiger partial charge in [0.25, 0.3) is 0 Å². The van der Waals surface area contributed by atoms with Gasteiger partial charge in [-0.1, -0.05) is 0 Å². The van der Waals surface area contributed by atoms with Crippen molar-refractivity contribution in [3.8, 4) is 0 Å². The van der Waals surface area contributed by atoms with Gasteiger partial charge < -0.3 is 37.2 Å². The molecule has 0 aromatic rings. The van der Waals surface area contributed by atoms with Crippen molar-refractivity contribution in [2.75, 3.05) is 0 Å². The average Bonchev–Trinajstić information content (AvgIpc) is 0. The summed E-state index contributed by atoms with van der Waals surface area (Å²) in [5, 5.41) is 0. The maximum Gasteiger partial charge on any atom is 3.00 e. The Labute approximate surface area is 150 Å². The van der Waals surface area contributed by atoms with Crippen LogP contribution in [0.3, 0.4) is 0 Å². The predicted molar refractivity (Wildman–Crippen MR) is 0 cm³/mol. The van der Waals surface area contributed by atoms with E-state index in [9.17, 15) is 0 Å². The number of hydrogen-bond donors (Lipinski definition) is 0. The second kappa shape index (κ2) is 33.1. The summed E-state index contributed by atoms with van der Waals surface area (Å²) < 4.78 is 0. The molecule has 0 rings (SSSR count). The van der Waals surface area contributed by atoms with Gasteiger partial charge in [-0.3, -0.25) is 0 Å². The van der Waals surface area contributed by atoms with Crippen molar-refractivity contribution in [2.45, 2.75) is 0 Å². The Kier molecular flexibility index (Phi) is 250. The zero-order chi connectivity index (χ0) is 0. The van der Waals surface area contributed by atoms with E-state index in [0.29, 0.717) is 0 Å². The van der Waals surface area contributed by atoms with Crippen molar-refractivity contribution in [2.24, 2.45) is 0 Å². The van der Waals surface area contributed by atoms with Gasteiger partial charge in [0.05, 0.1) is 0 Å². The van der Waals surface area contributed by atoms with Crippen LogP contribution in [-0.4, -0.2) is 0 Å². The van der Waals surface area contributed by atoms with Crippen LogP contribution < -0.4 is 37.2 Å². The van der Waals surface area contributed by atoms with Crippen molar-refractivity contribution in [3.63, 3.8) is 0 Å². The largest absolute Gasteiger partial charge is 3.00 e. The second-order valence-electron chi connectivity index (χ2n) is 0. The van der Waals surface area contributed by atoms with E-state index >= 15 is 0 Å². The molecule has 0 nitrogen and oxygen atoms in total. The topological polar surface area (TPSA) is 0 Å². The first kappa shape index (κ1) is 45.3. The third-order valence-corrected chi connectivity index (χ3v) is 0. The molecule has 0 heterocycles. The van der Waals surface area contributed by atoms with Gasteiger partial charge >= 0.3 is 118 Å². The molecule has 6 heteroatoms. The summed E-state index contributed by atoms with van der Waals surface area (Å²) in [7, 11) is 0. The third kappa shape index (κ3) is 23.3. The van der Waals surface area contributed by atoms with E-state index < -0.39 is 0 Å². The number of halogens is 3. The zero-order valence-corrected chi connectivity index (χ0v) is 13.8. The zero-order valence-electron chi connectivity index (χ0n) is 2.67. The van der Waals surface area contributed by atoms with E-state index in [2.05, 4.69) is 0 Å². The first-order valence-corrected chi connectivity index (χ1v) is 0. The van der Waals surface area contributed by atoms with Gasteiger partial charge in [-0.15, -0.1) is 0 Å². The van der Waals surface area contributed by atoms with Crippen LogP contribution in [0.1, 0.15) is 0 Å². The molecule has 0 saturated carbocycles. The molecule has 6 heavy (non-hydrogen) atoms. The van der Waals surface area contributed by atoms with Crippen LogP contribution >= 0.6 is 0 Å². The van der Waals surface area contributed by atoms with Crippen LogP contribution in [0.15, 0.2) is 0 Å². The molecule has 0 fully saturated rings. The molecule has 0 aromatic carbocycles. The molecule has 0 unspecified atom stereocenters. The fourth-order valence-electron chi connectivity index (χ4n) is 0. The van der Waals surface area contributed by atoms with Gasteiger partial charge in [-0.05, 0) is 0 Å². The molecule has 0 aliphatic rings. The van der Waals surface area contributed by atoms with E-state index in [0.717, 1.165) is 0 Å². The van der Waals surface area contributed by atoms with Crippen LogP contribution in [0.2, 0.25) is 0 Å². The Hall–Kier alpha value is 4.75. The molecule has 0 aliphatic heterocycles. The first-order valence-electron chi connectivity index (χ1n) is 0. The molecule has 0 spiro atoms. The Balaban J connectivity index is 0. The standard InChI is InChI=1S/3ClH.Eu.La.Y/h3*1H;;;/q;;;3*+3/p-3. The molecule has 0 N–H and O–H groups in total. The summed E-state index contributed by atoms with van der Waals surface area (Å²) in [6.07, 6.45) is 0. The molecule has 0 saturated heterocycles. The molecular weight excluding hydrogens is 486 g/mol. The number of hydrogen-bond acceptors (Lipinski definition) is 0. The molecule has 0 amide bonds. The quantitative estimate of drug-likeness (QED) is 0.320. The van der Waals surface area contributed by atoms with Crippen molar-refractivity contribution < 1.29 is 155 Å². The predicted octanol–water partition coefficient (Wildman–Crippen LogP) is -8.99. The Morgan fingerprint density at radius 1 is 0.667 bits per heavy atom. The molecule has 0 atom stereocenters. The minimum atomic E-state index is 0. The second-order valence-corrected chi connectivity index (χ2v) is 0. The minimum absolute atomic E-state index is 0. The SMILES string of the molecule is [Cl-].[Cl-].[Cl-].[Eu+3].[La+3].[Y+3]. The Bertz CT molecular complexity index is 10.8. The van der Waals surface area contributed by atoms with Crippen LogP contribution in [0.25, 0.3) is 0 Å². The smallest absolute Gasteiger partial charge is 1.00 e. The van der Waals surface area contributed by atoms with E-state index in [-0.39, 0.29) is 155 Å².